The van der Waals surface area contributed by atoms with Crippen LogP contribution in [0.3, 0.4) is 0 Å². The third-order valence-electron chi connectivity index (χ3n) is 3.51. The summed E-state index contributed by atoms with van der Waals surface area (Å²) in [5.74, 6) is 0.457. The molecule has 0 bridgehead atoms. The van der Waals surface area contributed by atoms with Gasteiger partial charge in [-0.05, 0) is 24.5 Å². The Hall–Kier alpha value is -1.86. The molecule has 0 saturated carbocycles. The second-order valence-electron chi connectivity index (χ2n) is 5.17. The lowest BCUT2D eigenvalue weighted by molar-refractivity contribution is -0.137. The van der Waals surface area contributed by atoms with E-state index >= 15 is 0 Å². The number of carbonyl (C=O) groups is 2. The van der Waals surface area contributed by atoms with Crippen LogP contribution in [0.2, 0.25) is 0 Å². The van der Waals surface area contributed by atoms with Gasteiger partial charge in [-0.25, -0.2) is 4.79 Å². The van der Waals surface area contributed by atoms with Gasteiger partial charge in [-0.15, -0.1) is 11.8 Å². The average molecular weight is 362 g/mol. The number of esters is 1. The number of nitrogens with zero attached hydrogens (tertiary/aromatic N) is 1. The largest absolute Gasteiger partial charge is 0.462 e. The second-order valence-corrected chi connectivity index (χ2v) is 7.14. The quantitative estimate of drug-likeness (QED) is 0.811. The van der Waals surface area contributed by atoms with Crippen LogP contribution in [-0.2, 0) is 14.3 Å². The molecule has 1 aromatic carbocycles. The fourth-order valence-corrected chi connectivity index (χ4v) is 4.67. The first-order chi connectivity index (χ1) is 11.7. The van der Waals surface area contributed by atoms with Crippen molar-refractivity contribution in [3.63, 3.8) is 0 Å². The third kappa shape index (κ3) is 3.79. The van der Waals surface area contributed by atoms with Crippen LogP contribution in [0.4, 0.5) is 5.69 Å². The molecule has 5 nitrogen and oxygen atoms in total. The van der Waals surface area contributed by atoms with Gasteiger partial charge in [0.2, 0.25) is 5.91 Å². The standard InChI is InChI=1S/C17H18N2O3S2/c1-2-22-17(21)15-16-19(8-9-23-15)13(11-24-16)10-14(20)18-12-6-4-3-5-7-12/h3-7,11H,2,8-10H2,1H3,(H,18,20). The third-order valence-corrected chi connectivity index (χ3v) is 5.72. The molecule has 3 rings (SSSR count). The van der Waals surface area contributed by atoms with Crippen molar-refractivity contribution in [3.8, 4) is 0 Å². The number of nitrogens with one attached hydrogen (secondary N) is 1. The van der Waals surface area contributed by atoms with Crippen molar-refractivity contribution in [2.24, 2.45) is 0 Å². The maximum Gasteiger partial charge on any atom is 0.347 e. The van der Waals surface area contributed by atoms with E-state index in [0.29, 0.717) is 11.5 Å². The SMILES string of the molecule is CCOC(=O)C1=C2SC=C(CC(=O)Nc3ccccc3)N2CCS1. The summed E-state index contributed by atoms with van der Waals surface area (Å²) in [7, 11) is 0. The van der Waals surface area contributed by atoms with E-state index in [1.807, 2.05) is 35.7 Å². The number of carbonyl (C=O) groups excluding carboxylic acids is 2. The van der Waals surface area contributed by atoms with Crippen molar-refractivity contribution in [3.05, 3.63) is 51.4 Å². The molecule has 126 valence electrons. The first-order valence-electron chi connectivity index (χ1n) is 7.71. The van der Waals surface area contributed by atoms with Crippen LogP contribution in [0.25, 0.3) is 0 Å². The van der Waals surface area contributed by atoms with Crippen LogP contribution in [0.5, 0.6) is 0 Å². The first-order valence-corrected chi connectivity index (χ1v) is 9.58. The number of hydrogen-bond donors (Lipinski definition) is 1. The van der Waals surface area contributed by atoms with Crippen molar-refractivity contribution in [1.29, 1.82) is 0 Å². The maximum absolute atomic E-state index is 12.3. The van der Waals surface area contributed by atoms with Gasteiger partial charge in [-0.1, -0.05) is 30.0 Å². The lowest BCUT2D eigenvalue weighted by Crippen LogP contribution is -2.29. The summed E-state index contributed by atoms with van der Waals surface area (Å²) < 4.78 is 5.12. The predicted octanol–water partition coefficient (Wildman–Crippen LogP) is 3.38. The molecule has 0 saturated heterocycles. The Kier molecular flexibility index (Phi) is 5.52. The lowest BCUT2D eigenvalue weighted by atomic mass is 10.2. The fraction of sp³-hybridized carbons (Fsp3) is 0.294. The van der Waals surface area contributed by atoms with Gasteiger partial charge in [0.1, 0.15) is 9.93 Å². The molecule has 0 unspecified atom stereocenters. The number of anilines is 1. The van der Waals surface area contributed by atoms with Crippen LogP contribution in [0.15, 0.2) is 51.4 Å². The Balaban J connectivity index is 1.67. The molecule has 0 spiro atoms. The number of rotatable bonds is 5. The zero-order valence-electron chi connectivity index (χ0n) is 13.3. The summed E-state index contributed by atoms with van der Waals surface area (Å²) in [5.41, 5.74) is 1.71. The summed E-state index contributed by atoms with van der Waals surface area (Å²) in [6.45, 7) is 2.95. The van der Waals surface area contributed by atoms with E-state index in [2.05, 4.69) is 10.2 Å². The van der Waals surface area contributed by atoms with E-state index in [1.54, 1.807) is 6.92 Å². The minimum absolute atomic E-state index is 0.0646. The molecule has 7 heteroatoms. The summed E-state index contributed by atoms with van der Waals surface area (Å²) in [4.78, 5) is 27.0. The molecule has 2 aliphatic heterocycles. The summed E-state index contributed by atoms with van der Waals surface area (Å²) in [5, 5.41) is 5.72. The fourth-order valence-electron chi connectivity index (χ4n) is 2.47. The smallest absolute Gasteiger partial charge is 0.347 e. The van der Waals surface area contributed by atoms with Crippen LogP contribution >= 0.6 is 23.5 Å². The molecule has 0 aliphatic carbocycles. The highest BCUT2D eigenvalue weighted by molar-refractivity contribution is 8.09. The van der Waals surface area contributed by atoms with Crippen molar-refractivity contribution >= 4 is 41.1 Å². The zero-order valence-corrected chi connectivity index (χ0v) is 14.9. The van der Waals surface area contributed by atoms with Crippen molar-refractivity contribution < 1.29 is 14.3 Å². The molecule has 2 aliphatic rings. The Morgan fingerprint density at radius 1 is 1.29 bits per heavy atom. The van der Waals surface area contributed by atoms with Gasteiger partial charge in [-0.3, -0.25) is 4.79 Å². The number of hydrogen-bond acceptors (Lipinski definition) is 6. The maximum atomic E-state index is 12.3. The summed E-state index contributed by atoms with van der Waals surface area (Å²) in [6, 6.07) is 9.39. The average Bonchev–Trinajstić information content (AvgIpc) is 2.99. The Bertz CT molecular complexity index is 701. The summed E-state index contributed by atoms with van der Waals surface area (Å²) >= 11 is 3.01. The Labute approximate surface area is 149 Å². The van der Waals surface area contributed by atoms with Crippen LogP contribution in [-0.4, -0.2) is 35.7 Å². The van der Waals surface area contributed by atoms with Crippen LogP contribution in [0, 0.1) is 0 Å². The molecule has 0 atom stereocenters. The van der Waals surface area contributed by atoms with Gasteiger partial charge < -0.3 is 15.0 Å². The number of fused-ring (bicyclic) bond motifs is 1. The van der Waals surface area contributed by atoms with Crippen molar-refractivity contribution in [1.82, 2.24) is 4.90 Å². The molecule has 2 heterocycles. The Morgan fingerprint density at radius 2 is 2.08 bits per heavy atom. The van der Waals surface area contributed by atoms with E-state index in [-0.39, 0.29) is 18.3 Å². The van der Waals surface area contributed by atoms with Crippen molar-refractivity contribution in [2.75, 3.05) is 24.2 Å². The van der Waals surface area contributed by atoms with Gasteiger partial charge in [-0.2, -0.15) is 0 Å². The molecule has 1 amide bonds. The predicted molar refractivity (Wildman–Crippen MR) is 98.2 cm³/mol. The molecule has 1 N–H and O–H groups in total. The highest BCUT2D eigenvalue weighted by atomic mass is 32.2. The minimum Gasteiger partial charge on any atom is -0.462 e. The van der Waals surface area contributed by atoms with E-state index in [9.17, 15) is 9.59 Å². The lowest BCUT2D eigenvalue weighted by Gasteiger charge is -2.28. The molecule has 0 radical (unpaired) electrons. The summed E-state index contributed by atoms with van der Waals surface area (Å²) in [6.07, 6.45) is 0.284. The highest BCUT2D eigenvalue weighted by Crippen LogP contribution is 2.44. The number of ether oxygens (including phenoxy) is 1. The van der Waals surface area contributed by atoms with Gasteiger partial charge in [0.05, 0.1) is 13.0 Å². The van der Waals surface area contributed by atoms with Gasteiger partial charge >= 0.3 is 5.97 Å². The molecule has 24 heavy (non-hydrogen) atoms. The number of thioether (sulfide) groups is 2. The Morgan fingerprint density at radius 3 is 2.83 bits per heavy atom. The van der Waals surface area contributed by atoms with Gasteiger partial charge in [0.25, 0.3) is 0 Å². The van der Waals surface area contributed by atoms with E-state index in [1.165, 1.54) is 23.5 Å². The van der Waals surface area contributed by atoms with Crippen LogP contribution < -0.4 is 5.32 Å². The number of para-hydroxylation sites is 1. The highest BCUT2D eigenvalue weighted by Gasteiger charge is 2.32. The number of benzene rings is 1. The minimum atomic E-state index is -0.280. The topological polar surface area (TPSA) is 58.6 Å². The van der Waals surface area contributed by atoms with Crippen molar-refractivity contribution in [2.45, 2.75) is 13.3 Å². The normalized spacial score (nSPS) is 16.5. The van der Waals surface area contributed by atoms with Gasteiger partial charge in [0, 0.05) is 23.7 Å². The zero-order chi connectivity index (χ0) is 16.9. The second kappa shape index (κ2) is 7.81. The van der Waals surface area contributed by atoms with Crippen LogP contribution in [0.1, 0.15) is 13.3 Å². The number of amides is 1. The molecular weight excluding hydrogens is 344 g/mol. The monoisotopic (exact) mass is 362 g/mol. The first kappa shape index (κ1) is 17.0. The molecule has 1 aromatic rings. The molecule has 0 fully saturated rings. The van der Waals surface area contributed by atoms with E-state index in [4.69, 9.17) is 4.74 Å². The van der Waals surface area contributed by atoms with E-state index < -0.39 is 0 Å². The molecular formula is C17H18N2O3S2. The molecule has 0 aromatic heterocycles. The van der Waals surface area contributed by atoms with Gasteiger partial charge in [0.15, 0.2) is 0 Å². The van der Waals surface area contributed by atoms with E-state index in [0.717, 1.165) is 28.7 Å².